The molecule has 1 heterocycles. The molecular weight excluding hydrogens is 453 g/mol. The number of carbonyl (C=O) groups excluding carboxylic acids is 1. The molecule has 0 aliphatic carbocycles. The summed E-state index contributed by atoms with van der Waals surface area (Å²) in [5.74, 6) is 0.790. The van der Waals surface area contributed by atoms with Crippen LogP contribution in [0.2, 0.25) is 0 Å². The van der Waals surface area contributed by atoms with Crippen molar-refractivity contribution in [1.29, 1.82) is 0 Å². The lowest BCUT2D eigenvalue weighted by molar-refractivity contribution is 0.0955. The normalized spacial score (nSPS) is 15.7. The Kier molecular flexibility index (Phi) is 11.3. The minimum absolute atomic E-state index is 0. The van der Waals surface area contributed by atoms with Crippen LogP contribution in [0.5, 0.6) is 0 Å². The van der Waals surface area contributed by atoms with Gasteiger partial charge in [0.2, 0.25) is 0 Å². The molecule has 1 aromatic carbocycles. The van der Waals surface area contributed by atoms with Gasteiger partial charge in [0.1, 0.15) is 0 Å². The Morgan fingerprint density at radius 1 is 1.22 bits per heavy atom. The van der Waals surface area contributed by atoms with Gasteiger partial charge < -0.3 is 20.9 Å². The smallest absolute Gasteiger partial charge is 0.251 e. The molecule has 6 nitrogen and oxygen atoms in total. The minimum atomic E-state index is -0.0318. The highest BCUT2D eigenvalue weighted by Crippen LogP contribution is 2.10. The van der Waals surface area contributed by atoms with Crippen LogP contribution < -0.4 is 16.0 Å². The quantitative estimate of drug-likeness (QED) is 0.314. The molecule has 0 radical (unpaired) electrons. The number of piperidine rings is 1. The van der Waals surface area contributed by atoms with Crippen molar-refractivity contribution in [1.82, 2.24) is 20.9 Å². The summed E-state index contributed by atoms with van der Waals surface area (Å²) >= 11 is 0. The number of carbonyl (C=O) groups is 1. The van der Waals surface area contributed by atoms with Gasteiger partial charge in [0.25, 0.3) is 5.91 Å². The van der Waals surface area contributed by atoms with Crippen LogP contribution in [0.1, 0.15) is 49.0 Å². The van der Waals surface area contributed by atoms with Crippen LogP contribution in [0.4, 0.5) is 0 Å². The molecule has 1 saturated heterocycles. The molecule has 0 unspecified atom stereocenters. The summed E-state index contributed by atoms with van der Waals surface area (Å²) in [5.41, 5.74) is 1.76. The van der Waals surface area contributed by atoms with Gasteiger partial charge in [0.15, 0.2) is 5.96 Å². The third-order valence-electron chi connectivity index (χ3n) is 4.68. The molecule has 2 rings (SSSR count). The van der Waals surface area contributed by atoms with Crippen molar-refractivity contribution >= 4 is 35.8 Å². The van der Waals surface area contributed by atoms with Gasteiger partial charge in [-0.05, 0) is 50.4 Å². The van der Waals surface area contributed by atoms with Crippen LogP contribution in [0, 0.1) is 0 Å². The van der Waals surface area contributed by atoms with Gasteiger partial charge in [-0.3, -0.25) is 9.79 Å². The molecule has 1 aliphatic heterocycles. The average Bonchev–Trinajstić information content (AvgIpc) is 2.67. The van der Waals surface area contributed by atoms with Crippen molar-refractivity contribution in [2.24, 2.45) is 4.99 Å². The first-order valence-electron chi connectivity index (χ1n) is 9.73. The number of amides is 1. The summed E-state index contributed by atoms with van der Waals surface area (Å²) in [6, 6.07) is 8.17. The van der Waals surface area contributed by atoms with Crippen molar-refractivity contribution in [2.45, 2.75) is 45.7 Å². The van der Waals surface area contributed by atoms with E-state index in [2.05, 4.69) is 32.8 Å². The molecule has 7 heteroatoms. The van der Waals surface area contributed by atoms with Crippen LogP contribution in [-0.4, -0.2) is 56.0 Å². The predicted molar refractivity (Wildman–Crippen MR) is 123 cm³/mol. The van der Waals surface area contributed by atoms with Crippen LogP contribution in [-0.2, 0) is 6.54 Å². The molecule has 0 aromatic heterocycles. The molecule has 0 saturated carbocycles. The number of hydrogen-bond acceptors (Lipinski definition) is 3. The summed E-state index contributed by atoms with van der Waals surface area (Å²) in [6.45, 7) is 8.93. The summed E-state index contributed by atoms with van der Waals surface area (Å²) in [4.78, 5) is 18.8. The molecular formula is C20H34IN5O. The summed E-state index contributed by atoms with van der Waals surface area (Å²) in [6.07, 6.45) is 3.51. The molecule has 3 N–H and O–H groups in total. The van der Waals surface area contributed by atoms with E-state index in [1.165, 1.54) is 13.0 Å². The number of hydrogen-bond donors (Lipinski definition) is 3. The molecule has 1 aliphatic rings. The fourth-order valence-corrected chi connectivity index (χ4v) is 3.28. The monoisotopic (exact) mass is 487 g/mol. The third-order valence-corrected chi connectivity index (χ3v) is 4.68. The molecule has 0 bridgehead atoms. The number of nitrogens with one attached hydrogen (secondary N) is 3. The second-order valence-electron chi connectivity index (χ2n) is 6.75. The van der Waals surface area contributed by atoms with E-state index in [1.807, 2.05) is 31.2 Å². The molecule has 1 aromatic rings. The summed E-state index contributed by atoms with van der Waals surface area (Å²) in [5, 5.41) is 9.72. The molecule has 0 atom stereocenters. The van der Waals surface area contributed by atoms with Crippen LogP contribution in [0.15, 0.2) is 29.3 Å². The molecule has 1 fully saturated rings. The second kappa shape index (κ2) is 12.9. The van der Waals surface area contributed by atoms with Gasteiger partial charge in [-0.2, -0.15) is 0 Å². The number of nitrogens with zero attached hydrogens (tertiary/aromatic N) is 2. The van der Waals surface area contributed by atoms with E-state index in [9.17, 15) is 4.79 Å². The zero-order chi connectivity index (χ0) is 18.8. The van der Waals surface area contributed by atoms with Gasteiger partial charge in [-0.15, -0.1) is 24.0 Å². The van der Waals surface area contributed by atoms with Crippen LogP contribution in [0.25, 0.3) is 0 Å². The van der Waals surface area contributed by atoms with E-state index in [0.29, 0.717) is 24.7 Å². The Labute approximate surface area is 180 Å². The maximum absolute atomic E-state index is 12.0. The van der Waals surface area contributed by atoms with Crippen molar-refractivity contribution < 1.29 is 4.79 Å². The van der Waals surface area contributed by atoms with Crippen LogP contribution in [0.3, 0.4) is 0 Å². The number of likely N-dealkylation sites (tertiary alicyclic amines) is 1. The molecule has 152 valence electrons. The maximum Gasteiger partial charge on any atom is 0.251 e. The number of halogens is 1. The lowest BCUT2D eigenvalue weighted by Crippen LogP contribution is -2.48. The minimum Gasteiger partial charge on any atom is -0.354 e. The fraction of sp³-hybridized carbons (Fsp3) is 0.600. The number of guanidine groups is 1. The van der Waals surface area contributed by atoms with Gasteiger partial charge in [-0.1, -0.05) is 19.1 Å². The van der Waals surface area contributed by atoms with E-state index in [0.717, 1.165) is 37.5 Å². The summed E-state index contributed by atoms with van der Waals surface area (Å²) in [7, 11) is 1.80. The Bertz CT molecular complexity index is 600. The third kappa shape index (κ3) is 8.04. The van der Waals surface area contributed by atoms with E-state index in [1.54, 1.807) is 7.05 Å². The van der Waals surface area contributed by atoms with Crippen molar-refractivity contribution in [3.8, 4) is 0 Å². The summed E-state index contributed by atoms with van der Waals surface area (Å²) < 4.78 is 0. The Hall–Kier alpha value is -1.35. The van der Waals surface area contributed by atoms with E-state index in [-0.39, 0.29) is 29.9 Å². The highest BCUT2D eigenvalue weighted by molar-refractivity contribution is 14.0. The lowest BCUT2D eigenvalue weighted by atomic mass is 10.1. The van der Waals surface area contributed by atoms with E-state index < -0.39 is 0 Å². The largest absolute Gasteiger partial charge is 0.354 e. The predicted octanol–water partition coefficient (Wildman–Crippen LogP) is 2.59. The molecule has 1 amide bonds. The van der Waals surface area contributed by atoms with Gasteiger partial charge in [0.05, 0.1) is 0 Å². The van der Waals surface area contributed by atoms with Crippen molar-refractivity contribution in [3.05, 3.63) is 35.4 Å². The van der Waals surface area contributed by atoms with Gasteiger partial charge in [-0.25, -0.2) is 0 Å². The lowest BCUT2D eigenvalue weighted by Gasteiger charge is -2.32. The first-order valence-corrected chi connectivity index (χ1v) is 9.73. The average molecular weight is 487 g/mol. The fourth-order valence-electron chi connectivity index (χ4n) is 3.28. The van der Waals surface area contributed by atoms with Crippen molar-refractivity contribution in [2.75, 3.05) is 33.2 Å². The second-order valence-corrected chi connectivity index (χ2v) is 6.75. The van der Waals surface area contributed by atoms with Crippen molar-refractivity contribution in [3.63, 3.8) is 0 Å². The molecule has 0 spiro atoms. The van der Waals surface area contributed by atoms with Crippen LogP contribution >= 0.6 is 24.0 Å². The topological polar surface area (TPSA) is 68.8 Å². The first kappa shape index (κ1) is 23.7. The van der Waals surface area contributed by atoms with E-state index >= 15 is 0 Å². The Balaban J connectivity index is 0.00000364. The van der Waals surface area contributed by atoms with E-state index in [4.69, 9.17) is 0 Å². The first-order chi connectivity index (χ1) is 12.7. The number of aliphatic imine (C=N–C) groups is 1. The Morgan fingerprint density at radius 2 is 1.96 bits per heavy atom. The Morgan fingerprint density at radius 3 is 2.59 bits per heavy atom. The zero-order valence-corrected chi connectivity index (χ0v) is 19.1. The standard InChI is InChI=1S/C20H33N5O.HI/c1-4-11-25-12-9-18(10-13-25)24-20(21-3)23-15-16-7-6-8-17(14-16)19(26)22-5-2;/h6-8,14,18H,4-5,9-13,15H2,1-3H3,(H,22,26)(H2,21,23,24);1H. The highest BCUT2D eigenvalue weighted by atomic mass is 127. The number of benzene rings is 1. The number of rotatable bonds is 7. The SMILES string of the molecule is CCCN1CCC(NC(=NC)NCc2cccc(C(=O)NCC)c2)CC1.I. The maximum atomic E-state index is 12.0. The molecule has 27 heavy (non-hydrogen) atoms. The highest BCUT2D eigenvalue weighted by Gasteiger charge is 2.19. The van der Waals surface area contributed by atoms with Gasteiger partial charge >= 0.3 is 0 Å². The van der Waals surface area contributed by atoms with Gasteiger partial charge in [0, 0.05) is 44.8 Å². The zero-order valence-electron chi connectivity index (χ0n) is 16.8.